The smallest absolute Gasteiger partial charge is 0.0124 e. The van der Waals surface area contributed by atoms with Crippen molar-refractivity contribution in [1.82, 2.24) is 4.90 Å². The first-order chi connectivity index (χ1) is 5.29. The fraction of sp³-hybridized carbons (Fsp3) is 1.00. The van der Waals surface area contributed by atoms with Crippen molar-refractivity contribution < 1.29 is 0 Å². The van der Waals surface area contributed by atoms with E-state index >= 15 is 0 Å². The number of hydrogen-bond acceptors (Lipinski definition) is 1. The largest absolute Gasteiger partial charge is 0.300 e. The minimum absolute atomic E-state index is 0.850. The molecule has 1 aliphatic heterocycles. The third-order valence-corrected chi connectivity index (χ3v) is 3.73. The summed E-state index contributed by atoms with van der Waals surface area (Å²) in [5, 5.41) is 0. The lowest BCUT2D eigenvalue weighted by molar-refractivity contribution is 0.192. The Balaban J connectivity index is 2.05. The van der Waals surface area contributed by atoms with Gasteiger partial charge in [0.05, 0.1) is 0 Å². The van der Waals surface area contributed by atoms with Crippen LogP contribution in [-0.4, -0.2) is 24.0 Å². The number of rotatable bonds is 0. The highest BCUT2D eigenvalue weighted by Gasteiger charge is 2.37. The molecule has 3 atom stereocenters. The lowest BCUT2D eigenvalue weighted by atomic mass is 9.85. The minimum Gasteiger partial charge on any atom is -0.300 e. The van der Waals surface area contributed by atoms with Gasteiger partial charge >= 0.3 is 0 Å². The molecule has 2 rings (SSSR count). The maximum atomic E-state index is 2.60. The summed E-state index contributed by atoms with van der Waals surface area (Å²) in [6.07, 6.45) is 7.38. The van der Waals surface area contributed by atoms with Crippen LogP contribution in [0.5, 0.6) is 0 Å². The lowest BCUT2D eigenvalue weighted by Gasteiger charge is -2.30. The van der Waals surface area contributed by atoms with Crippen LogP contribution in [0.3, 0.4) is 0 Å². The standard InChI is InChI=1S/C10H19N/c1-8-7-9-5-3-4-6-10(9)11(8)2/h8-10H,3-7H2,1-2H3/t8-,9?,10?/m0/s1. The highest BCUT2D eigenvalue weighted by Crippen LogP contribution is 2.38. The predicted molar refractivity (Wildman–Crippen MR) is 47.6 cm³/mol. The molecule has 1 heterocycles. The summed E-state index contributed by atoms with van der Waals surface area (Å²) < 4.78 is 0. The maximum Gasteiger partial charge on any atom is 0.0124 e. The third-order valence-electron chi connectivity index (χ3n) is 3.73. The van der Waals surface area contributed by atoms with Gasteiger partial charge in [0.2, 0.25) is 0 Å². The summed E-state index contributed by atoms with van der Waals surface area (Å²) in [6.45, 7) is 2.37. The number of likely N-dealkylation sites (tertiary alicyclic amines) is 1. The van der Waals surface area contributed by atoms with E-state index in [1.165, 1.54) is 32.1 Å². The predicted octanol–water partition coefficient (Wildman–Crippen LogP) is 2.27. The fourth-order valence-electron chi connectivity index (χ4n) is 2.93. The zero-order chi connectivity index (χ0) is 7.84. The number of fused-ring (bicyclic) bond motifs is 1. The summed E-state index contributed by atoms with van der Waals surface area (Å²) in [6, 6.07) is 1.79. The molecule has 1 nitrogen and oxygen atoms in total. The summed E-state index contributed by atoms with van der Waals surface area (Å²) in [4.78, 5) is 2.60. The van der Waals surface area contributed by atoms with Crippen LogP contribution in [0.4, 0.5) is 0 Å². The lowest BCUT2D eigenvalue weighted by Crippen LogP contribution is -2.34. The molecule has 0 aromatic carbocycles. The van der Waals surface area contributed by atoms with Crippen LogP contribution in [0.25, 0.3) is 0 Å². The summed E-state index contributed by atoms with van der Waals surface area (Å²) in [5.74, 6) is 1.05. The second-order valence-electron chi connectivity index (χ2n) is 4.36. The first-order valence-corrected chi connectivity index (χ1v) is 5.01. The molecule has 0 aromatic heterocycles. The average Bonchev–Trinajstić information content (AvgIpc) is 2.30. The molecule has 2 aliphatic rings. The molecule has 2 fully saturated rings. The first-order valence-electron chi connectivity index (χ1n) is 5.01. The van der Waals surface area contributed by atoms with Crippen molar-refractivity contribution in [3.05, 3.63) is 0 Å². The SMILES string of the molecule is C[C@H]1CC2CCCCC2N1C. The Labute approximate surface area is 69.8 Å². The Kier molecular flexibility index (Phi) is 1.92. The third kappa shape index (κ3) is 1.20. The van der Waals surface area contributed by atoms with Crippen molar-refractivity contribution in [2.24, 2.45) is 5.92 Å². The molecule has 1 saturated carbocycles. The maximum absolute atomic E-state index is 2.60. The van der Waals surface area contributed by atoms with E-state index in [0.717, 1.165) is 18.0 Å². The molecule has 0 aromatic rings. The van der Waals surface area contributed by atoms with Gasteiger partial charge in [-0.15, -0.1) is 0 Å². The molecular formula is C10H19N. The zero-order valence-corrected chi connectivity index (χ0v) is 7.71. The van der Waals surface area contributed by atoms with Crippen molar-refractivity contribution in [3.8, 4) is 0 Å². The molecule has 0 radical (unpaired) electrons. The van der Waals surface area contributed by atoms with E-state index in [0.29, 0.717) is 0 Å². The molecule has 1 heteroatoms. The van der Waals surface area contributed by atoms with Crippen LogP contribution < -0.4 is 0 Å². The quantitative estimate of drug-likeness (QED) is 0.516. The molecule has 1 saturated heterocycles. The van der Waals surface area contributed by atoms with Gasteiger partial charge in [0.15, 0.2) is 0 Å². The molecule has 1 aliphatic carbocycles. The van der Waals surface area contributed by atoms with Crippen LogP contribution in [0.1, 0.15) is 39.0 Å². The Morgan fingerprint density at radius 1 is 1.18 bits per heavy atom. The Bertz CT molecular complexity index is 144. The molecule has 0 spiro atoms. The molecule has 0 bridgehead atoms. The number of hydrogen-bond donors (Lipinski definition) is 0. The molecule has 0 amide bonds. The monoisotopic (exact) mass is 153 g/mol. The normalized spacial score (nSPS) is 45.8. The summed E-state index contributed by atoms with van der Waals surface area (Å²) in [7, 11) is 2.31. The van der Waals surface area contributed by atoms with Crippen molar-refractivity contribution in [1.29, 1.82) is 0 Å². The Morgan fingerprint density at radius 2 is 1.91 bits per heavy atom. The minimum atomic E-state index is 0.850. The topological polar surface area (TPSA) is 3.24 Å². The van der Waals surface area contributed by atoms with Crippen LogP contribution >= 0.6 is 0 Å². The van der Waals surface area contributed by atoms with Gasteiger partial charge in [-0.3, -0.25) is 0 Å². The van der Waals surface area contributed by atoms with E-state index in [1.54, 1.807) is 0 Å². The molecule has 0 N–H and O–H groups in total. The number of nitrogens with zero attached hydrogens (tertiary/aromatic N) is 1. The van der Waals surface area contributed by atoms with Gasteiger partial charge in [-0.25, -0.2) is 0 Å². The molecule has 11 heavy (non-hydrogen) atoms. The first kappa shape index (κ1) is 7.60. The molecule has 2 unspecified atom stereocenters. The van der Waals surface area contributed by atoms with E-state index < -0.39 is 0 Å². The van der Waals surface area contributed by atoms with Crippen molar-refractivity contribution in [3.63, 3.8) is 0 Å². The van der Waals surface area contributed by atoms with Gasteiger partial charge in [0.25, 0.3) is 0 Å². The van der Waals surface area contributed by atoms with Gasteiger partial charge in [-0.05, 0) is 39.2 Å². The van der Waals surface area contributed by atoms with Crippen molar-refractivity contribution in [2.45, 2.75) is 51.1 Å². The van der Waals surface area contributed by atoms with Crippen LogP contribution in [0.2, 0.25) is 0 Å². The summed E-state index contributed by atoms with van der Waals surface area (Å²) in [5.41, 5.74) is 0. The highest BCUT2D eigenvalue weighted by atomic mass is 15.2. The van der Waals surface area contributed by atoms with Gasteiger partial charge < -0.3 is 4.90 Å². The van der Waals surface area contributed by atoms with Crippen LogP contribution in [-0.2, 0) is 0 Å². The van der Waals surface area contributed by atoms with Gasteiger partial charge in [-0.1, -0.05) is 12.8 Å². The second-order valence-corrected chi connectivity index (χ2v) is 4.36. The van der Waals surface area contributed by atoms with E-state index in [1.807, 2.05) is 0 Å². The average molecular weight is 153 g/mol. The highest BCUT2D eigenvalue weighted by molar-refractivity contribution is 4.92. The molecule has 64 valence electrons. The van der Waals surface area contributed by atoms with E-state index in [9.17, 15) is 0 Å². The zero-order valence-electron chi connectivity index (χ0n) is 7.71. The second kappa shape index (κ2) is 2.78. The molecular weight excluding hydrogens is 134 g/mol. The fourth-order valence-corrected chi connectivity index (χ4v) is 2.93. The van der Waals surface area contributed by atoms with E-state index in [2.05, 4.69) is 18.9 Å². The van der Waals surface area contributed by atoms with Crippen molar-refractivity contribution in [2.75, 3.05) is 7.05 Å². The van der Waals surface area contributed by atoms with Crippen LogP contribution in [0.15, 0.2) is 0 Å². The van der Waals surface area contributed by atoms with Crippen molar-refractivity contribution >= 4 is 0 Å². The summed E-state index contributed by atoms with van der Waals surface area (Å²) >= 11 is 0. The Hall–Kier alpha value is -0.0400. The van der Waals surface area contributed by atoms with E-state index in [-0.39, 0.29) is 0 Å². The van der Waals surface area contributed by atoms with Gasteiger partial charge in [0.1, 0.15) is 0 Å². The van der Waals surface area contributed by atoms with E-state index in [4.69, 9.17) is 0 Å². The van der Waals surface area contributed by atoms with Gasteiger partial charge in [0, 0.05) is 12.1 Å². The van der Waals surface area contributed by atoms with Crippen LogP contribution in [0, 0.1) is 5.92 Å². The Morgan fingerprint density at radius 3 is 2.64 bits per heavy atom. The van der Waals surface area contributed by atoms with Gasteiger partial charge in [-0.2, -0.15) is 0 Å².